The molecule has 0 amide bonds. The molecule has 2 unspecified atom stereocenters. The molecule has 104 valence electrons. The van der Waals surface area contributed by atoms with Gasteiger partial charge in [-0.15, -0.1) is 22.7 Å². The summed E-state index contributed by atoms with van der Waals surface area (Å²) in [6.07, 6.45) is 1.96. The summed E-state index contributed by atoms with van der Waals surface area (Å²) in [5, 5.41) is 5.68. The molecule has 1 N–H and O–H groups in total. The minimum atomic E-state index is 0.255. The number of pyridine rings is 1. The molecular weight excluding hydrogens is 308 g/mol. The highest BCUT2D eigenvalue weighted by molar-refractivity contribution is 7.17. The van der Waals surface area contributed by atoms with Gasteiger partial charge in [-0.05, 0) is 49.1 Å². The van der Waals surface area contributed by atoms with Gasteiger partial charge in [0, 0.05) is 23.2 Å². The van der Waals surface area contributed by atoms with Gasteiger partial charge in [-0.1, -0.05) is 11.6 Å². The Balaban J connectivity index is 1.76. The Morgan fingerprint density at radius 2 is 2.05 bits per heavy atom. The molecule has 3 aromatic heterocycles. The van der Waals surface area contributed by atoms with Crippen LogP contribution in [-0.2, 0) is 0 Å². The van der Waals surface area contributed by atoms with Crippen molar-refractivity contribution < 1.29 is 0 Å². The van der Waals surface area contributed by atoms with Crippen LogP contribution < -0.4 is 5.32 Å². The van der Waals surface area contributed by atoms with Gasteiger partial charge in [-0.25, -0.2) is 0 Å². The van der Waals surface area contributed by atoms with E-state index in [0.717, 1.165) is 9.85 Å². The lowest BCUT2D eigenvalue weighted by Gasteiger charge is -2.19. The smallest absolute Gasteiger partial charge is 0.0931 e. The van der Waals surface area contributed by atoms with E-state index in [9.17, 15) is 0 Å². The summed E-state index contributed by atoms with van der Waals surface area (Å²) in [5.41, 5.74) is 2.29. The Hall–Kier alpha value is -0.940. The van der Waals surface area contributed by atoms with Gasteiger partial charge in [-0.2, -0.15) is 0 Å². The van der Waals surface area contributed by atoms with Gasteiger partial charge < -0.3 is 5.32 Å². The van der Waals surface area contributed by atoms with Crippen LogP contribution in [0.2, 0.25) is 4.34 Å². The Morgan fingerprint density at radius 1 is 1.20 bits per heavy atom. The number of hydrogen-bond acceptors (Lipinski definition) is 4. The molecule has 0 saturated carbocycles. The van der Waals surface area contributed by atoms with Gasteiger partial charge in [0.2, 0.25) is 0 Å². The van der Waals surface area contributed by atoms with Crippen molar-refractivity contribution in [1.82, 2.24) is 10.3 Å². The fourth-order valence-corrected chi connectivity index (χ4v) is 4.07. The van der Waals surface area contributed by atoms with Gasteiger partial charge in [0.1, 0.15) is 0 Å². The van der Waals surface area contributed by atoms with E-state index < -0.39 is 0 Å². The highest BCUT2D eigenvalue weighted by Crippen LogP contribution is 2.29. The van der Waals surface area contributed by atoms with E-state index in [1.165, 1.54) is 15.1 Å². The molecule has 0 radical (unpaired) electrons. The van der Waals surface area contributed by atoms with Crippen LogP contribution in [0.25, 0.3) is 10.2 Å². The Morgan fingerprint density at radius 3 is 2.80 bits per heavy atom. The number of thiophene rings is 2. The second kappa shape index (κ2) is 5.82. The van der Waals surface area contributed by atoms with Crippen molar-refractivity contribution in [2.24, 2.45) is 0 Å². The first-order valence-electron chi connectivity index (χ1n) is 6.48. The third-order valence-corrected chi connectivity index (χ3v) is 5.61. The van der Waals surface area contributed by atoms with Crippen LogP contribution in [0.5, 0.6) is 0 Å². The van der Waals surface area contributed by atoms with Crippen molar-refractivity contribution in [2.45, 2.75) is 25.9 Å². The minimum Gasteiger partial charge on any atom is -0.303 e. The summed E-state index contributed by atoms with van der Waals surface area (Å²) in [6.45, 7) is 4.33. The second-order valence-electron chi connectivity index (χ2n) is 4.82. The number of hydrogen-bond donors (Lipinski definition) is 1. The first-order chi connectivity index (χ1) is 9.63. The standard InChI is InChI=1S/C15H15ClN2S2/c1-9(18-10(2)13-3-4-15(16)20-13)11-7-14-12(17-8-11)5-6-19-14/h3-10,18H,1-2H3. The fourth-order valence-electron chi connectivity index (χ4n) is 2.21. The van der Waals surface area contributed by atoms with Crippen LogP contribution >= 0.6 is 34.3 Å². The first-order valence-corrected chi connectivity index (χ1v) is 8.55. The molecule has 3 heterocycles. The molecular formula is C15H15ClN2S2. The number of fused-ring (bicyclic) bond motifs is 1. The lowest BCUT2D eigenvalue weighted by atomic mass is 10.1. The van der Waals surface area contributed by atoms with E-state index in [0.29, 0.717) is 0 Å². The van der Waals surface area contributed by atoms with Crippen LogP contribution in [0.15, 0.2) is 35.8 Å². The van der Waals surface area contributed by atoms with Gasteiger partial charge in [0.25, 0.3) is 0 Å². The third kappa shape index (κ3) is 2.88. The van der Waals surface area contributed by atoms with E-state index in [-0.39, 0.29) is 12.1 Å². The lowest BCUT2D eigenvalue weighted by molar-refractivity contribution is 0.499. The summed E-state index contributed by atoms with van der Waals surface area (Å²) < 4.78 is 2.07. The third-order valence-electron chi connectivity index (χ3n) is 3.34. The molecule has 0 aliphatic rings. The monoisotopic (exact) mass is 322 g/mol. The molecule has 0 aromatic carbocycles. The zero-order valence-electron chi connectivity index (χ0n) is 11.3. The highest BCUT2D eigenvalue weighted by atomic mass is 35.5. The Bertz CT molecular complexity index is 719. The summed E-state index contributed by atoms with van der Waals surface area (Å²) in [5.74, 6) is 0. The zero-order chi connectivity index (χ0) is 14.1. The van der Waals surface area contributed by atoms with Crippen molar-refractivity contribution >= 4 is 44.5 Å². The second-order valence-corrected chi connectivity index (χ2v) is 7.52. The number of aromatic nitrogens is 1. The van der Waals surface area contributed by atoms with Crippen LogP contribution in [0.4, 0.5) is 0 Å². The van der Waals surface area contributed by atoms with Crippen molar-refractivity contribution in [1.29, 1.82) is 0 Å². The number of halogens is 1. The van der Waals surface area contributed by atoms with Gasteiger partial charge in [0.05, 0.1) is 14.6 Å². The molecule has 5 heteroatoms. The minimum absolute atomic E-state index is 0.255. The summed E-state index contributed by atoms with van der Waals surface area (Å²) in [6, 6.07) is 8.84. The number of nitrogens with zero attached hydrogens (tertiary/aromatic N) is 1. The maximum atomic E-state index is 5.99. The van der Waals surface area contributed by atoms with Crippen LogP contribution in [0, 0.1) is 0 Å². The molecule has 0 spiro atoms. The largest absolute Gasteiger partial charge is 0.303 e. The average molecular weight is 323 g/mol. The summed E-state index contributed by atoms with van der Waals surface area (Å²) >= 11 is 9.35. The molecule has 2 nitrogen and oxygen atoms in total. The lowest BCUT2D eigenvalue weighted by Crippen LogP contribution is -2.21. The van der Waals surface area contributed by atoms with Gasteiger partial charge in [0.15, 0.2) is 0 Å². The molecule has 0 saturated heterocycles. The van der Waals surface area contributed by atoms with Crippen molar-refractivity contribution in [2.75, 3.05) is 0 Å². The molecule has 0 aliphatic heterocycles. The molecule has 2 atom stereocenters. The SMILES string of the molecule is CC(NC(C)c1ccc(Cl)s1)c1cnc2ccsc2c1. The van der Waals surface area contributed by atoms with Gasteiger partial charge >= 0.3 is 0 Å². The van der Waals surface area contributed by atoms with Crippen molar-refractivity contribution in [3.05, 3.63) is 50.6 Å². The topological polar surface area (TPSA) is 24.9 Å². The van der Waals surface area contributed by atoms with Crippen LogP contribution in [-0.4, -0.2) is 4.98 Å². The maximum absolute atomic E-state index is 5.99. The normalized spacial score (nSPS) is 14.6. The van der Waals surface area contributed by atoms with Crippen molar-refractivity contribution in [3.63, 3.8) is 0 Å². The number of nitrogens with one attached hydrogen (secondary N) is 1. The van der Waals surface area contributed by atoms with E-state index in [4.69, 9.17) is 11.6 Å². The highest BCUT2D eigenvalue weighted by Gasteiger charge is 2.13. The zero-order valence-corrected chi connectivity index (χ0v) is 13.6. The fraction of sp³-hybridized carbons (Fsp3) is 0.267. The Labute approximate surface area is 131 Å². The molecule has 3 rings (SSSR count). The first kappa shape index (κ1) is 14.0. The molecule has 3 aromatic rings. The molecule has 0 fully saturated rings. The maximum Gasteiger partial charge on any atom is 0.0931 e. The van der Waals surface area contributed by atoms with E-state index in [1.807, 2.05) is 12.3 Å². The predicted molar refractivity (Wildman–Crippen MR) is 88.9 cm³/mol. The summed E-state index contributed by atoms with van der Waals surface area (Å²) in [4.78, 5) is 5.75. The average Bonchev–Trinajstić information content (AvgIpc) is 3.05. The molecule has 0 aliphatic carbocycles. The summed E-state index contributed by atoms with van der Waals surface area (Å²) in [7, 11) is 0. The number of rotatable bonds is 4. The predicted octanol–water partition coefficient (Wildman–Crippen LogP) is 5.42. The van der Waals surface area contributed by atoms with E-state index in [1.54, 1.807) is 22.7 Å². The van der Waals surface area contributed by atoms with Gasteiger partial charge in [-0.3, -0.25) is 4.98 Å². The van der Waals surface area contributed by atoms with Crippen LogP contribution in [0.1, 0.15) is 36.4 Å². The van der Waals surface area contributed by atoms with Crippen molar-refractivity contribution in [3.8, 4) is 0 Å². The van der Waals surface area contributed by atoms with E-state index in [2.05, 4.69) is 47.7 Å². The van der Waals surface area contributed by atoms with Crippen LogP contribution in [0.3, 0.4) is 0 Å². The van der Waals surface area contributed by atoms with E-state index >= 15 is 0 Å². The Kier molecular flexibility index (Phi) is 4.08. The molecule has 0 bridgehead atoms. The molecule has 20 heavy (non-hydrogen) atoms. The quantitative estimate of drug-likeness (QED) is 0.693.